The van der Waals surface area contributed by atoms with Gasteiger partial charge in [0.05, 0.1) is 0 Å². The van der Waals surface area contributed by atoms with E-state index in [1.807, 2.05) is 12.1 Å². The molecule has 0 spiro atoms. The van der Waals surface area contributed by atoms with Gasteiger partial charge in [0.1, 0.15) is 0 Å². The molecule has 0 bridgehead atoms. The molecule has 0 saturated heterocycles. The Morgan fingerprint density at radius 3 is 2.44 bits per heavy atom. The van der Waals surface area contributed by atoms with Crippen molar-refractivity contribution >= 4 is 21.6 Å². The molecule has 0 atom stereocenters. The average molecular weight is 286 g/mol. The highest BCUT2D eigenvalue weighted by atomic mass is 79.9. The number of likely N-dealkylation sites (N-methyl/N-ethyl adjacent to an activating group) is 2. The Balaban J connectivity index is 2.49. The number of rotatable bonds is 5. The van der Waals surface area contributed by atoms with Crippen LogP contribution < -0.4 is 5.73 Å². The smallest absolute Gasteiger partial charge is 0.0461 e. The van der Waals surface area contributed by atoms with Gasteiger partial charge in [-0.3, -0.25) is 0 Å². The lowest BCUT2D eigenvalue weighted by Crippen LogP contribution is -2.28. The number of halogens is 1. The summed E-state index contributed by atoms with van der Waals surface area (Å²) >= 11 is 3.40. The van der Waals surface area contributed by atoms with Gasteiger partial charge in [-0.1, -0.05) is 6.07 Å². The molecule has 0 radical (unpaired) electrons. The molecule has 0 aliphatic heterocycles. The molecule has 0 saturated carbocycles. The van der Waals surface area contributed by atoms with E-state index in [-0.39, 0.29) is 0 Å². The number of nitrogens with zero attached hydrogens (tertiary/aromatic N) is 2. The molecule has 1 aromatic carbocycles. The first-order valence-corrected chi connectivity index (χ1v) is 6.15. The number of anilines is 1. The van der Waals surface area contributed by atoms with Gasteiger partial charge in [-0.05, 0) is 54.8 Å². The van der Waals surface area contributed by atoms with Crippen LogP contribution in [0.2, 0.25) is 0 Å². The van der Waals surface area contributed by atoms with Crippen LogP contribution in [-0.4, -0.2) is 44.0 Å². The molecule has 2 N–H and O–H groups in total. The normalized spacial score (nSPS) is 11.4. The van der Waals surface area contributed by atoms with Gasteiger partial charge in [-0.15, -0.1) is 0 Å². The van der Waals surface area contributed by atoms with Crippen molar-refractivity contribution in [3.05, 3.63) is 28.2 Å². The predicted octanol–water partition coefficient (Wildman–Crippen LogP) is 2.02. The van der Waals surface area contributed by atoms with Crippen molar-refractivity contribution in [3.63, 3.8) is 0 Å². The maximum absolute atomic E-state index is 5.84. The second-order valence-electron chi connectivity index (χ2n) is 4.40. The molecule has 0 amide bonds. The van der Waals surface area contributed by atoms with Crippen molar-refractivity contribution in [2.24, 2.45) is 0 Å². The lowest BCUT2D eigenvalue weighted by Gasteiger charge is -2.19. The Bertz CT molecular complexity index is 339. The first kappa shape index (κ1) is 13.5. The molecule has 0 fully saturated rings. The highest BCUT2D eigenvalue weighted by Gasteiger charge is 2.03. The first-order chi connectivity index (χ1) is 7.49. The van der Waals surface area contributed by atoms with E-state index in [2.05, 4.69) is 52.9 Å². The molecule has 90 valence electrons. The van der Waals surface area contributed by atoms with Gasteiger partial charge in [-0.25, -0.2) is 0 Å². The minimum absolute atomic E-state index is 0.804. The SMILES string of the molecule is CN(C)CCN(C)Cc1ccc(Br)c(N)c1. The molecule has 1 rings (SSSR count). The van der Waals surface area contributed by atoms with E-state index >= 15 is 0 Å². The third-order valence-electron chi connectivity index (χ3n) is 2.44. The van der Waals surface area contributed by atoms with Gasteiger partial charge < -0.3 is 15.5 Å². The maximum Gasteiger partial charge on any atom is 0.0461 e. The van der Waals surface area contributed by atoms with E-state index in [9.17, 15) is 0 Å². The van der Waals surface area contributed by atoms with Gasteiger partial charge in [0.25, 0.3) is 0 Å². The summed E-state index contributed by atoms with van der Waals surface area (Å²) in [5.41, 5.74) is 7.90. The lowest BCUT2D eigenvalue weighted by molar-refractivity contribution is 0.276. The monoisotopic (exact) mass is 285 g/mol. The summed E-state index contributed by atoms with van der Waals surface area (Å²) in [5.74, 6) is 0. The van der Waals surface area contributed by atoms with Crippen molar-refractivity contribution in [2.45, 2.75) is 6.54 Å². The van der Waals surface area contributed by atoms with Crippen LogP contribution in [0.25, 0.3) is 0 Å². The second-order valence-corrected chi connectivity index (χ2v) is 5.25. The third-order valence-corrected chi connectivity index (χ3v) is 3.16. The quantitative estimate of drug-likeness (QED) is 0.841. The van der Waals surface area contributed by atoms with Crippen molar-refractivity contribution < 1.29 is 0 Å². The summed E-state index contributed by atoms with van der Waals surface area (Å²) < 4.78 is 0.965. The fraction of sp³-hybridized carbons (Fsp3) is 0.500. The van der Waals surface area contributed by atoms with E-state index in [1.165, 1.54) is 5.56 Å². The van der Waals surface area contributed by atoms with Crippen LogP contribution in [0.4, 0.5) is 5.69 Å². The van der Waals surface area contributed by atoms with Crippen LogP contribution in [0.3, 0.4) is 0 Å². The highest BCUT2D eigenvalue weighted by Crippen LogP contribution is 2.20. The summed E-state index contributed by atoms with van der Waals surface area (Å²) in [7, 11) is 6.30. The van der Waals surface area contributed by atoms with Crippen molar-refractivity contribution in [1.29, 1.82) is 0 Å². The maximum atomic E-state index is 5.84. The Labute approximate surface area is 106 Å². The van der Waals surface area contributed by atoms with E-state index in [0.717, 1.165) is 29.8 Å². The standard InChI is InChI=1S/C12H20BrN3/c1-15(2)6-7-16(3)9-10-4-5-11(13)12(14)8-10/h4-5,8H,6-7,9,14H2,1-3H3. The van der Waals surface area contributed by atoms with Crippen LogP contribution in [0.15, 0.2) is 22.7 Å². The highest BCUT2D eigenvalue weighted by molar-refractivity contribution is 9.10. The molecule has 0 unspecified atom stereocenters. The van der Waals surface area contributed by atoms with Crippen molar-refractivity contribution in [2.75, 3.05) is 40.0 Å². The first-order valence-electron chi connectivity index (χ1n) is 5.36. The summed E-state index contributed by atoms with van der Waals surface area (Å²) in [6.45, 7) is 3.07. The number of benzene rings is 1. The lowest BCUT2D eigenvalue weighted by atomic mass is 10.2. The molecule has 0 aromatic heterocycles. The minimum Gasteiger partial charge on any atom is -0.398 e. The number of nitrogen functional groups attached to an aromatic ring is 1. The zero-order valence-electron chi connectivity index (χ0n) is 10.2. The van der Waals surface area contributed by atoms with Gasteiger partial charge in [-0.2, -0.15) is 0 Å². The van der Waals surface area contributed by atoms with Crippen LogP contribution in [-0.2, 0) is 6.54 Å². The van der Waals surface area contributed by atoms with Crippen LogP contribution in [0.5, 0.6) is 0 Å². The summed E-state index contributed by atoms with van der Waals surface area (Å²) in [5, 5.41) is 0. The minimum atomic E-state index is 0.804. The molecular weight excluding hydrogens is 266 g/mol. The molecule has 0 aliphatic rings. The third kappa shape index (κ3) is 4.51. The van der Waals surface area contributed by atoms with E-state index in [0.29, 0.717) is 0 Å². The molecule has 0 heterocycles. The van der Waals surface area contributed by atoms with E-state index in [4.69, 9.17) is 5.73 Å². The molecule has 4 heteroatoms. The van der Waals surface area contributed by atoms with Gasteiger partial charge in [0.2, 0.25) is 0 Å². The van der Waals surface area contributed by atoms with Crippen LogP contribution >= 0.6 is 15.9 Å². The van der Waals surface area contributed by atoms with Crippen molar-refractivity contribution in [3.8, 4) is 0 Å². The Morgan fingerprint density at radius 2 is 1.88 bits per heavy atom. The van der Waals surface area contributed by atoms with E-state index < -0.39 is 0 Å². The zero-order valence-corrected chi connectivity index (χ0v) is 11.8. The molecule has 16 heavy (non-hydrogen) atoms. The topological polar surface area (TPSA) is 32.5 Å². The summed E-state index contributed by atoms with van der Waals surface area (Å²) in [6.07, 6.45) is 0. The summed E-state index contributed by atoms with van der Waals surface area (Å²) in [4.78, 5) is 4.48. The number of nitrogens with two attached hydrogens (primary N) is 1. The Hall–Kier alpha value is -0.580. The average Bonchev–Trinajstić information content (AvgIpc) is 2.21. The van der Waals surface area contributed by atoms with Gasteiger partial charge in [0, 0.05) is 29.8 Å². The van der Waals surface area contributed by atoms with Crippen molar-refractivity contribution in [1.82, 2.24) is 9.80 Å². The molecule has 3 nitrogen and oxygen atoms in total. The zero-order chi connectivity index (χ0) is 12.1. The fourth-order valence-electron chi connectivity index (χ4n) is 1.45. The largest absolute Gasteiger partial charge is 0.398 e. The molecule has 1 aromatic rings. The Kier molecular flexibility index (Phi) is 5.25. The van der Waals surface area contributed by atoms with Gasteiger partial charge in [0.15, 0.2) is 0 Å². The molecule has 0 aliphatic carbocycles. The van der Waals surface area contributed by atoms with E-state index in [1.54, 1.807) is 0 Å². The number of hydrogen-bond donors (Lipinski definition) is 1. The van der Waals surface area contributed by atoms with Crippen LogP contribution in [0, 0.1) is 0 Å². The van der Waals surface area contributed by atoms with Gasteiger partial charge >= 0.3 is 0 Å². The fourth-order valence-corrected chi connectivity index (χ4v) is 1.70. The predicted molar refractivity (Wildman–Crippen MR) is 73.4 cm³/mol. The van der Waals surface area contributed by atoms with Crippen LogP contribution in [0.1, 0.15) is 5.56 Å². The number of hydrogen-bond acceptors (Lipinski definition) is 3. The summed E-state index contributed by atoms with van der Waals surface area (Å²) in [6, 6.07) is 6.13. The second kappa shape index (κ2) is 6.23. The Morgan fingerprint density at radius 1 is 1.19 bits per heavy atom. The molecular formula is C12H20BrN3.